The monoisotopic (exact) mass is 171 g/mol. The quantitative estimate of drug-likeness (QED) is 0.677. The van der Waals surface area contributed by atoms with Crippen LogP contribution in [0.15, 0.2) is 0 Å². The molecule has 0 aromatic heterocycles. The van der Waals surface area contributed by atoms with E-state index < -0.39 is 0 Å². The summed E-state index contributed by atoms with van der Waals surface area (Å²) < 4.78 is 0. The molecule has 0 bridgehead atoms. The summed E-state index contributed by atoms with van der Waals surface area (Å²) in [6.45, 7) is 3.21. The number of rotatable bonds is 3. The van der Waals surface area contributed by atoms with Crippen LogP contribution in [0.4, 0.5) is 0 Å². The van der Waals surface area contributed by atoms with Crippen molar-refractivity contribution in [3.05, 3.63) is 0 Å². The average Bonchev–Trinajstić information content (AvgIpc) is 2.32. The number of aliphatic hydroxyl groups excluding tert-OH is 1. The fourth-order valence-electron chi connectivity index (χ4n) is 1.88. The Balaban J connectivity index is 2.27. The summed E-state index contributed by atoms with van der Waals surface area (Å²) in [5.74, 6) is 0. The second kappa shape index (κ2) is 5.55. The van der Waals surface area contributed by atoms with Crippen molar-refractivity contribution in [2.24, 2.45) is 0 Å². The van der Waals surface area contributed by atoms with Crippen LogP contribution in [0.25, 0.3) is 0 Å². The van der Waals surface area contributed by atoms with E-state index in [1.165, 1.54) is 19.3 Å². The Labute approximate surface area is 75.4 Å². The van der Waals surface area contributed by atoms with Crippen molar-refractivity contribution in [1.29, 1.82) is 0 Å². The Hall–Kier alpha value is -0.0800. The fourth-order valence-corrected chi connectivity index (χ4v) is 1.88. The van der Waals surface area contributed by atoms with Crippen molar-refractivity contribution in [1.82, 2.24) is 5.32 Å². The SMILES string of the molecule is CCCC(O)C1CCCCCN1. The number of hydrogen-bond acceptors (Lipinski definition) is 2. The summed E-state index contributed by atoms with van der Waals surface area (Å²) in [4.78, 5) is 0. The van der Waals surface area contributed by atoms with Crippen LogP contribution in [0, 0.1) is 0 Å². The lowest BCUT2D eigenvalue weighted by Crippen LogP contribution is -2.39. The van der Waals surface area contributed by atoms with Gasteiger partial charge in [0.25, 0.3) is 0 Å². The van der Waals surface area contributed by atoms with Gasteiger partial charge in [0.2, 0.25) is 0 Å². The second-order valence-corrected chi connectivity index (χ2v) is 3.77. The zero-order valence-corrected chi connectivity index (χ0v) is 8.05. The van der Waals surface area contributed by atoms with Crippen LogP contribution < -0.4 is 5.32 Å². The van der Waals surface area contributed by atoms with E-state index in [1.807, 2.05) is 0 Å². The van der Waals surface area contributed by atoms with E-state index in [1.54, 1.807) is 0 Å². The van der Waals surface area contributed by atoms with E-state index in [9.17, 15) is 5.11 Å². The third-order valence-corrected chi connectivity index (χ3v) is 2.65. The van der Waals surface area contributed by atoms with E-state index in [0.717, 1.165) is 25.8 Å². The highest BCUT2D eigenvalue weighted by molar-refractivity contribution is 4.77. The lowest BCUT2D eigenvalue weighted by atomic mass is 10.0. The van der Waals surface area contributed by atoms with Gasteiger partial charge in [0.1, 0.15) is 0 Å². The van der Waals surface area contributed by atoms with Gasteiger partial charge in [0.15, 0.2) is 0 Å². The average molecular weight is 171 g/mol. The minimum absolute atomic E-state index is 0.118. The van der Waals surface area contributed by atoms with Crippen LogP contribution in [-0.4, -0.2) is 23.8 Å². The smallest absolute Gasteiger partial charge is 0.0693 e. The first-order chi connectivity index (χ1) is 5.84. The molecule has 2 atom stereocenters. The fraction of sp³-hybridized carbons (Fsp3) is 1.00. The van der Waals surface area contributed by atoms with Crippen molar-refractivity contribution in [3.63, 3.8) is 0 Å². The Morgan fingerprint density at radius 2 is 2.25 bits per heavy atom. The first-order valence-corrected chi connectivity index (χ1v) is 5.26. The third kappa shape index (κ3) is 3.11. The molecule has 2 heteroatoms. The van der Waals surface area contributed by atoms with Crippen LogP contribution in [-0.2, 0) is 0 Å². The highest BCUT2D eigenvalue weighted by atomic mass is 16.3. The molecular formula is C10H21NO. The van der Waals surface area contributed by atoms with Gasteiger partial charge in [0, 0.05) is 6.04 Å². The Kier molecular flexibility index (Phi) is 4.62. The summed E-state index contributed by atoms with van der Waals surface area (Å²) in [5, 5.41) is 13.2. The Bertz CT molecular complexity index is 108. The van der Waals surface area contributed by atoms with Gasteiger partial charge in [-0.25, -0.2) is 0 Å². The molecule has 0 aliphatic carbocycles. The molecule has 0 amide bonds. The minimum atomic E-state index is -0.118. The highest BCUT2D eigenvalue weighted by Gasteiger charge is 2.18. The van der Waals surface area contributed by atoms with Crippen LogP contribution >= 0.6 is 0 Å². The largest absolute Gasteiger partial charge is 0.392 e. The summed E-state index contributed by atoms with van der Waals surface area (Å²) >= 11 is 0. The maximum atomic E-state index is 9.74. The summed E-state index contributed by atoms with van der Waals surface area (Å²) in [7, 11) is 0. The van der Waals surface area contributed by atoms with E-state index in [2.05, 4.69) is 12.2 Å². The van der Waals surface area contributed by atoms with E-state index in [-0.39, 0.29) is 6.10 Å². The van der Waals surface area contributed by atoms with Crippen molar-refractivity contribution in [2.75, 3.05) is 6.54 Å². The predicted molar refractivity (Wildman–Crippen MR) is 51.2 cm³/mol. The molecule has 1 aliphatic heterocycles. The molecule has 2 N–H and O–H groups in total. The molecule has 1 saturated heterocycles. The van der Waals surface area contributed by atoms with Gasteiger partial charge in [-0.2, -0.15) is 0 Å². The maximum absolute atomic E-state index is 9.74. The number of nitrogens with one attached hydrogen (secondary N) is 1. The van der Waals surface area contributed by atoms with Gasteiger partial charge in [-0.05, 0) is 25.8 Å². The molecule has 0 spiro atoms. The van der Waals surface area contributed by atoms with Gasteiger partial charge < -0.3 is 10.4 Å². The van der Waals surface area contributed by atoms with Crippen molar-refractivity contribution >= 4 is 0 Å². The standard InChI is InChI=1S/C10H21NO/c1-2-6-10(12)9-7-4-3-5-8-11-9/h9-12H,2-8H2,1H3. The highest BCUT2D eigenvalue weighted by Crippen LogP contribution is 2.13. The predicted octanol–water partition coefficient (Wildman–Crippen LogP) is 1.68. The van der Waals surface area contributed by atoms with Crippen LogP contribution in [0.5, 0.6) is 0 Å². The van der Waals surface area contributed by atoms with E-state index in [4.69, 9.17) is 0 Å². The molecule has 1 heterocycles. The number of aliphatic hydroxyl groups is 1. The van der Waals surface area contributed by atoms with Gasteiger partial charge in [0.05, 0.1) is 6.10 Å². The molecule has 1 fully saturated rings. The van der Waals surface area contributed by atoms with Gasteiger partial charge >= 0.3 is 0 Å². The zero-order chi connectivity index (χ0) is 8.81. The van der Waals surface area contributed by atoms with Gasteiger partial charge in [-0.15, -0.1) is 0 Å². The maximum Gasteiger partial charge on any atom is 0.0693 e. The molecule has 12 heavy (non-hydrogen) atoms. The minimum Gasteiger partial charge on any atom is -0.392 e. The van der Waals surface area contributed by atoms with E-state index >= 15 is 0 Å². The Morgan fingerprint density at radius 1 is 1.42 bits per heavy atom. The molecule has 0 aromatic carbocycles. The molecule has 0 radical (unpaired) electrons. The van der Waals surface area contributed by atoms with Crippen molar-refractivity contribution < 1.29 is 5.11 Å². The molecule has 1 rings (SSSR count). The van der Waals surface area contributed by atoms with Crippen LogP contribution in [0.1, 0.15) is 45.4 Å². The summed E-state index contributed by atoms with van der Waals surface area (Å²) in [6, 6.07) is 0.368. The number of hydrogen-bond donors (Lipinski definition) is 2. The summed E-state index contributed by atoms with van der Waals surface area (Å²) in [6.07, 6.45) is 6.93. The van der Waals surface area contributed by atoms with Crippen LogP contribution in [0.3, 0.4) is 0 Å². The normalized spacial score (nSPS) is 28.0. The molecular weight excluding hydrogens is 150 g/mol. The molecule has 1 aliphatic rings. The van der Waals surface area contributed by atoms with E-state index in [0.29, 0.717) is 6.04 Å². The van der Waals surface area contributed by atoms with Crippen molar-refractivity contribution in [3.8, 4) is 0 Å². The van der Waals surface area contributed by atoms with Gasteiger partial charge in [-0.1, -0.05) is 26.2 Å². The second-order valence-electron chi connectivity index (χ2n) is 3.77. The summed E-state index contributed by atoms with van der Waals surface area (Å²) in [5.41, 5.74) is 0. The molecule has 0 aromatic rings. The Morgan fingerprint density at radius 3 is 3.00 bits per heavy atom. The molecule has 2 unspecified atom stereocenters. The van der Waals surface area contributed by atoms with Gasteiger partial charge in [-0.3, -0.25) is 0 Å². The first kappa shape index (κ1) is 10.0. The lowest BCUT2D eigenvalue weighted by Gasteiger charge is -2.21. The molecule has 0 saturated carbocycles. The molecule has 2 nitrogen and oxygen atoms in total. The van der Waals surface area contributed by atoms with Crippen LogP contribution in [0.2, 0.25) is 0 Å². The first-order valence-electron chi connectivity index (χ1n) is 5.26. The van der Waals surface area contributed by atoms with Crippen molar-refractivity contribution in [2.45, 2.75) is 57.6 Å². The zero-order valence-electron chi connectivity index (χ0n) is 8.05. The lowest BCUT2D eigenvalue weighted by molar-refractivity contribution is 0.115. The third-order valence-electron chi connectivity index (χ3n) is 2.65. The molecule has 72 valence electrons. The topological polar surface area (TPSA) is 32.3 Å².